The third-order valence-corrected chi connectivity index (χ3v) is 4.84. The third-order valence-electron chi connectivity index (χ3n) is 4.15. The van der Waals surface area contributed by atoms with Gasteiger partial charge in [-0.05, 0) is 47.3 Å². The van der Waals surface area contributed by atoms with E-state index in [1.54, 1.807) is 25.2 Å². The molecule has 2 amide bonds. The Morgan fingerprint density at radius 3 is 2.58 bits per heavy atom. The predicted octanol–water partition coefficient (Wildman–Crippen LogP) is 3.06. The highest BCUT2D eigenvalue weighted by Gasteiger charge is 2.25. The summed E-state index contributed by atoms with van der Waals surface area (Å²) in [6, 6.07) is 7.17. The van der Waals surface area contributed by atoms with E-state index in [-0.39, 0.29) is 11.8 Å². The minimum atomic E-state index is -0.275. The Hall–Kier alpha value is -2.15. The average Bonchev–Trinajstić information content (AvgIpc) is 2.95. The molecule has 1 aromatic carbocycles. The second kappa shape index (κ2) is 7.17. The number of piperidine rings is 1. The number of halogens is 1. The lowest BCUT2D eigenvalue weighted by atomic mass is 10.1. The van der Waals surface area contributed by atoms with Crippen LogP contribution in [0.4, 0.5) is 5.69 Å². The molecule has 0 aliphatic carbocycles. The molecule has 0 bridgehead atoms. The highest BCUT2D eigenvalue weighted by Crippen LogP contribution is 2.22. The zero-order valence-electron chi connectivity index (χ0n) is 13.5. The molecule has 6 nitrogen and oxygen atoms in total. The van der Waals surface area contributed by atoms with Crippen molar-refractivity contribution in [1.82, 2.24) is 14.7 Å². The van der Waals surface area contributed by atoms with Crippen LogP contribution >= 0.6 is 15.9 Å². The van der Waals surface area contributed by atoms with E-state index in [4.69, 9.17) is 0 Å². The van der Waals surface area contributed by atoms with Gasteiger partial charge in [0.2, 0.25) is 0 Å². The molecule has 1 N–H and O–H groups in total. The van der Waals surface area contributed by atoms with E-state index in [2.05, 4.69) is 26.3 Å². The Bertz CT molecular complexity index is 766. The second-order valence-corrected chi connectivity index (χ2v) is 6.67. The molecule has 1 fully saturated rings. The maximum absolute atomic E-state index is 12.8. The Kier molecular flexibility index (Phi) is 4.99. The maximum Gasteiger partial charge on any atom is 0.274 e. The van der Waals surface area contributed by atoms with Gasteiger partial charge in [0.15, 0.2) is 0 Å². The number of anilines is 1. The Labute approximate surface area is 149 Å². The first kappa shape index (κ1) is 16.7. The molecule has 0 unspecified atom stereocenters. The summed E-state index contributed by atoms with van der Waals surface area (Å²) in [4.78, 5) is 27.1. The number of carbonyl (C=O) groups excluding carboxylic acids is 2. The smallest absolute Gasteiger partial charge is 0.274 e. The Morgan fingerprint density at radius 2 is 1.88 bits per heavy atom. The molecule has 3 rings (SSSR count). The average molecular weight is 391 g/mol. The van der Waals surface area contributed by atoms with Gasteiger partial charge in [-0.25, -0.2) is 0 Å². The van der Waals surface area contributed by atoms with Gasteiger partial charge in [-0.1, -0.05) is 12.1 Å². The largest absolute Gasteiger partial charge is 0.337 e. The lowest BCUT2D eigenvalue weighted by Gasteiger charge is -2.27. The van der Waals surface area contributed by atoms with Crippen molar-refractivity contribution < 1.29 is 9.59 Å². The molecule has 1 aliphatic rings. The van der Waals surface area contributed by atoms with Gasteiger partial charge >= 0.3 is 0 Å². The summed E-state index contributed by atoms with van der Waals surface area (Å²) in [5.74, 6) is -0.361. The molecule has 126 valence electrons. The van der Waals surface area contributed by atoms with E-state index in [9.17, 15) is 9.59 Å². The molecule has 1 aromatic heterocycles. The second-order valence-electron chi connectivity index (χ2n) is 5.82. The van der Waals surface area contributed by atoms with Gasteiger partial charge in [-0.3, -0.25) is 14.3 Å². The normalized spacial score (nSPS) is 14.5. The van der Waals surface area contributed by atoms with Crippen LogP contribution in [0.1, 0.15) is 40.1 Å². The number of rotatable bonds is 3. The molecule has 1 saturated heterocycles. The number of likely N-dealkylation sites (tertiary alicyclic amines) is 1. The monoisotopic (exact) mass is 390 g/mol. The molecule has 2 aromatic rings. The fourth-order valence-corrected chi connectivity index (χ4v) is 3.33. The van der Waals surface area contributed by atoms with Crippen LogP contribution in [-0.4, -0.2) is 39.6 Å². The lowest BCUT2D eigenvalue weighted by Crippen LogP contribution is -2.37. The summed E-state index contributed by atoms with van der Waals surface area (Å²) in [7, 11) is 1.71. The predicted molar refractivity (Wildman–Crippen MR) is 95.1 cm³/mol. The zero-order valence-corrected chi connectivity index (χ0v) is 15.0. The molecule has 2 heterocycles. The molecule has 0 spiro atoms. The number of nitrogens with one attached hydrogen (secondary N) is 1. The minimum Gasteiger partial charge on any atom is -0.337 e. The van der Waals surface area contributed by atoms with Crippen molar-refractivity contribution in [1.29, 1.82) is 0 Å². The number of benzene rings is 1. The number of hydrogen-bond donors (Lipinski definition) is 1. The number of carbonyl (C=O) groups is 2. The summed E-state index contributed by atoms with van der Waals surface area (Å²) < 4.78 is 2.22. The van der Waals surface area contributed by atoms with Crippen LogP contribution in [0.2, 0.25) is 0 Å². The fraction of sp³-hybridized carbons (Fsp3) is 0.353. The topological polar surface area (TPSA) is 67.2 Å². The van der Waals surface area contributed by atoms with Crippen molar-refractivity contribution in [3.63, 3.8) is 0 Å². The Morgan fingerprint density at radius 1 is 1.17 bits per heavy atom. The first-order chi connectivity index (χ1) is 11.6. The van der Waals surface area contributed by atoms with E-state index in [0.29, 0.717) is 21.4 Å². The van der Waals surface area contributed by atoms with Gasteiger partial charge in [-0.2, -0.15) is 5.10 Å². The number of aromatic nitrogens is 2. The molecule has 7 heteroatoms. The lowest BCUT2D eigenvalue weighted by molar-refractivity contribution is 0.0714. The van der Waals surface area contributed by atoms with E-state index in [1.165, 1.54) is 10.9 Å². The molecule has 1 aliphatic heterocycles. The number of amides is 2. The van der Waals surface area contributed by atoms with E-state index < -0.39 is 0 Å². The SMILES string of the molecule is Cn1ncc(NC(=O)c2ccccc2Br)c1C(=O)N1CCCCC1. The van der Waals surface area contributed by atoms with Crippen molar-refractivity contribution in [2.75, 3.05) is 18.4 Å². The summed E-state index contributed by atoms with van der Waals surface area (Å²) in [5, 5.41) is 6.95. The van der Waals surface area contributed by atoms with Crippen LogP contribution in [0, 0.1) is 0 Å². The van der Waals surface area contributed by atoms with Gasteiger partial charge < -0.3 is 10.2 Å². The van der Waals surface area contributed by atoms with Gasteiger partial charge in [0.25, 0.3) is 11.8 Å². The van der Waals surface area contributed by atoms with Gasteiger partial charge in [0.1, 0.15) is 5.69 Å². The van der Waals surface area contributed by atoms with Crippen LogP contribution in [0.5, 0.6) is 0 Å². The summed E-state index contributed by atoms with van der Waals surface area (Å²) in [6.45, 7) is 1.50. The van der Waals surface area contributed by atoms with Crippen molar-refractivity contribution in [2.45, 2.75) is 19.3 Å². The minimum absolute atomic E-state index is 0.0860. The van der Waals surface area contributed by atoms with Crippen LogP contribution in [0.15, 0.2) is 34.9 Å². The number of aryl methyl sites for hydroxylation is 1. The fourth-order valence-electron chi connectivity index (χ4n) is 2.86. The highest BCUT2D eigenvalue weighted by atomic mass is 79.9. The van der Waals surface area contributed by atoms with E-state index in [1.807, 2.05) is 11.0 Å². The van der Waals surface area contributed by atoms with Crippen LogP contribution in [0.25, 0.3) is 0 Å². The van der Waals surface area contributed by atoms with Gasteiger partial charge in [0.05, 0.1) is 17.4 Å². The Balaban J connectivity index is 1.83. The molecular formula is C17H19BrN4O2. The van der Waals surface area contributed by atoms with E-state index in [0.717, 1.165) is 32.4 Å². The van der Waals surface area contributed by atoms with Crippen LogP contribution in [-0.2, 0) is 7.05 Å². The molecular weight excluding hydrogens is 372 g/mol. The van der Waals surface area contributed by atoms with Crippen molar-refractivity contribution >= 4 is 33.4 Å². The van der Waals surface area contributed by atoms with Gasteiger partial charge in [0, 0.05) is 24.6 Å². The highest BCUT2D eigenvalue weighted by molar-refractivity contribution is 9.10. The quantitative estimate of drug-likeness (QED) is 0.875. The van der Waals surface area contributed by atoms with Gasteiger partial charge in [-0.15, -0.1) is 0 Å². The first-order valence-corrected chi connectivity index (χ1v) is 8.74. The number of hydrogen-bond acceptors (Lipinski definition) is 3. The van der Waals surface area contributed by atoms with Crippen LogP contribution < -0.4 is 5.32 Å². The summed E-state index contributed by atoms with van der Waals surface area (Å²) >= 11 is 3.37. The summed E-state index contributed by atoms with van der Waals surface area (Å²) in [6.07, 6.45) is 4.71. The number of nitrogens with zero attached hydrogens (tertiary/aromatic N) is 3. The van der Waals surface area contributed by atoms with Crippen molar-refractivity contribution in [3.8, 4) is 0 Å². The summed E-state index contributed by atoms with van der Waals surface area (Å²) in [5.41, 5.74) is 1.36. The van der Waals surface area contributed by atoms with E-state index >= 15 is 0 Å². The molecule has 0 radical (unpaired) electrons. The van der Waals surface area contributed by atoms with Crippen LogP contribution in [0.3, 0.4) is 0 Å². The maximum atomic E-state index is 12.8. The van der Waals surface area contributed by atoms with Crippen molar-refractivity contribution in [2.24, 2.45) is 7.05 Å². The third kappa shape index (κ3) is 3.36. The zero-order chi connectivity index (χ0) is 17.1. The molecule has 0 saturated carbocycles. The standard InChI is InChI=1S/C17H19BrN4O2/c1-21-15(17(24)22-9-5-2-6-10-22)14(11-19-21)20-16(23)12-7-3-4-8-13(12)18/h3-4,7-8,11H,2,5-6,9-10H2,1H3,(H,20,23). The molecule has 0 atom stereocenters. The van der Waals surface area contributed by atoms with Crippen molar-refractivity contribution in [3.05, 3.63) is 46.2 Å². The molecule has 24 heavy (non-hydrogen) atoms. The first-order valence-electron chi connectivity index (χ1n) is 7.95.